The third-order valence-electron chi connectivity index (χ3n) is 4.60. The molecule has 0 aliphatic carbocycles. The van der Waals surface area contributed by atoms with E-state index in [1.54, 1.807) is 11.8 Å². The molecule has 150 valence electrons. The molecule has 0 radical (unpaired) electrons. The molecule has 1 aliphatic rings. The number of fused-ring (bicyclic) bond motifs is 1. The van der Waals surface area contributed by atoms with Gasteiger partial charge in [-0.05, 0) is 42.5 Å². The minimum atomic E-state index is 0.243. The van der Waals surface area contributed by atoms with Crippen LogP contribution in [0.1, 0.15) is 0 Å². The van der Waals surface area contributed by atoms with Gasteiger partial charge < -0.3 is 14.2 Å². The number of hydrogen-bond acceptors (Lipinski definition) is 6. The summed E-state index contributed by atoms with van der Waals surface area (Å²) in [5, 5.41) is 9.75. The van der Waals surface area contributed by atoms with Gasteiger partial charge in [0, 0.05) is 17.0 Å². The van der Waals surface area contributed by atoms with Crippen molar-refractivity contribution in [1.82, 2.24) is 14.8 Å². The number of aromatic nitrogens is 3. The van der Waals surface area contributed by atoms with E-state index in [0.29, 0.717) is 6.61 Å². The maximum atomic E-state index is 5.81. The number of ether oxygens (including phenoxy) is 3. The maximum absolute atomic E-state index is 5.81. The molecule has 6 nitrogen and oxygen atoms in total. The first-order valence-corrected chi connectivity index (χ1v) is 10.6. The SMILES string of the molecule is c1ccc(OCCSc2nnc(-c3ccc4c(c3)OCO4)n2-c2ccccc2)cc1. The molecule has 1 aromatic heterocycles. The van der Waals surface area contributed by atoms with Crippen molar-refractivity contribution < 1.29 is 14.2 Å². The third kappa shape index (κ3) is 3.84. The molecule has 7 heteroatoms. The molecule has 0 saturated heterocycles. The quantitative estimate of drug-likeness (QED) is 0.317. The van der Waals surface area contributed by atoms with Crippen LogP contribution in [0.15, 0.2) is 84.0 Å². The lowest BCUT2D eigenvalue weighted by Gasteiger charge is -2.11. The zero-order chi connectivity index (χ0) is 20.2. The van der Waals surface area contributed by atoms with Crippen LogP contribution in [0.2, 0.25) is 0 Å². The van der Waals surface area contributed by atoms with Crippen molar-refractivity contribution in [1.29, 1.82) is 0 Å². The first-order chi connectivity index (χ1) is 14.9. The van der Waals surface area contributed by atoms with E-state index in [2.05, 4.69) is 14.8 Å². The van der Waals surface area contributed by atoms with Crippen molar-refractivity contribution in [2.45, 2.75) is 5.16 Å². The molecule has 3 aromatic carbocycles. The van der Waals surface area contributed by atoms with E-state index < -0.39 is 0 Å². The number of nitrogens with zero attached hydrogens (tertiary/aromatic N) is 3. The Hall–Kier alpha value is -3.45. The molecule has 0 amide bonds. The Kier molecular flexibility index (Phi) is 5.26. The summed E-state index contributed by atoms with van der Waals surface area (Å²) >= 11 is 1.61. The van der Waals surface area contributed by atoms with Crippen molar-refractivity contribution in [3.63, 3.8) is 0 Å². The lowest BCUT2D eigenvalue weighted by Crippen LogP contribution is -2.03. The first kappa shape index (κ1) is 18.6. The van der Waals surface area contributed by atoms with Crippen LogP contribution in [-0.2, 0) is 0 Å². The highest BCUT2D eigenvalue weighted by molar-refractivity contribution is 7.99. The molecule has 0 bridgehead atoms. The number of para-hydroxylation sites is 2. The highest BCUT2D eigenvalue weighted by atomic mass is 32.2. The molecule has 0 saturated carbocycles. The molecule has 0 N–H and O–H groups in total. The van der Waals surface area contributed by atoms with Gasteiger partial charge in [-0.1, -0.05) is 48.2 Å². The average Bonchev–Trinajstić information content (AvgIpc) is 3.44. The van der Waals surface area contributed by atoms with E-state index in [1.807, 2.05) is 78.9 Å². The summed E-state index contributed by atoms with van der Waals surface area (Å²) in [6.07, 6.45) is 0. The Morgan fingerprint density at radius 2 is 1.63 bits per heavy atom. The van der Waals surface area contributed by atoms with Crippen molar-refractivity contribution >= 4 is 11.8 Å². The molecule has 30 heavy (non-hydrogen) atoms. The highest BCUT2D eigenvalue weighted by Gasteiger charge is 2.20. The van der Waals surface area contributed by atoms with Crippen molar-refractivity contribution in [3.05, 3.63) is 78.9 Å². The third-order valence-corrected chi connectivity index (χ3v) is 5.50. The molecule has 0 fully saturated rings. The second kappa shape index (κ2) is 8.51. The van der Waals surface area contributed by atoms with Gasteiger partial charge in [0.05, 0.1) is 6.61 Å². The summed E-state index contributed by atoms with van der Waals surface area (Å²) in [5.74, 6) is 3.84. The predicted octanol–water partition coefficient (Wildman–Crippen LogP) is 4.83. The lowest BCUT2D eigenvalue weighted by molar-refractivity contribution is 0.174. The van der Waals surface area contributed by atoms with Crippen LogP contribution in [0.3, 0.4) is 0 Å². The van der Waals surface area contributed by atoms with Gasteiger partial charge in [0.15, 0.2) is 22.5 Å². The fourth-order valence-electron chi connectivity index (χ4n) is 3.21. The van der Waals surface area contributed by atoms with Gasteiger partial charge in [0.1, 0.15) is 5.75 Å². The van der Waals surface area contributed by atoms with E-state index >= 15 is 0 Å². The van der Waals surface area contributed by atoms with Crippen molar-refractivity contribution in [2.75, 3.05) is 19.2 Å². The fourth-order valence-corrected chi connectivity index (χ4v) is 3.97. The minimum Gasteiger partial charge on any atom is -0.493 e. The van der Waals surface area contributed by atoms with Crippen molar-refractivity contribution in [2.24, 2.45) is 0 Å². The summed E-state index contributed by atoms with van der Waals surface area (Å²) < 4.78 is 18.8. The van der Waals surface area contributed by atoms with E-state index in [-0.39, 0.29) is 6.79 Å². The van der Waals surface area contributed by atoms with E-state index in [0.717, 1.165) is 45.2 Å². The smallest absolute Gasteiger partial charge is 0.231 e. The first-order valence-electron chi connectivity index (χ1n) is 9.60. The molecule has 0 atom stereocenters. The van der Waals surface area contributed by atoms with Gasteiger partial charge in [0.25, 0.3) is 0 Å². The second-order valence-corrected chi connectivity index (χ2v) is 7.62. The van der Waals surface area contributed by atoms with Gasteiger partial charge in [-0.3, -0.25) is 4.57 Å². The Labute approximate surface area is 178 Å². The van der Waals surface area contributed by atoms with Crippen LogP contribution in [0.5, 0.6) is 17.2 Å². The zero-order valence-corrected chi connectivity index (χ0v) is 16.9. The predicted molar refractivity (Wildman–Crippen MR) is 116 cm³/mol. The molecule has 5 rings (SSSR count). The second-order valence-electron chi connectivity index (χ2n) is 6.56. The summed E-state index contributed by atoms with van der Waals surface area (Å²) in [5.41, 5.74) is 1.92. The summed E-state index contributed by atoms with van der Waals surface area (Å²) in [6.45, 7) is 0.822. The van der Waals surface area contributed by atoms with Crippen LogP contribution in [0.25, 0.3) is 17.1 Å². The van der Waals surface area contributed by atoms with Gasteiger partial charge in [-0.2, -0.15) is 0 Å². The molecule has 4 aromatic rings. The molecule has 2 heterocycles. The molecule has 1 aliphatic heterocycles. The van der Waals surface area contributed by atoms with E-state index in [1.165, 1.54) is 0 Å². The normalized spacial score (nSPS) is 12.1. The lowest BCUT2D eigenvalue weighted by atomic mass is 10.2. The Morgan fingerprint density at radius 1 is 0.867 bits per heavy atom. The van der Waals surface area contributed by atoms with Gasteiger partial charge in [-0.15, -0.1) is 10.2 Å². The Morgan fingerprint density at radius 3 is 2.47 bits per heavy atom. The maximum Gasteiger partial charge on any atom is 0.231 e. The zero-order valence-electron chi connectivity index (χ0n) is 16.1. The molecular weight excluding hydrogens is 398 g/mol. The molecule has 0 spiro atoms. The Bertz CT molecular complexity index is 1130. The van der Waals surface area contributed by atoms with E-state index in [4.69, 9.17) is 14.2 Å². The summed E-state index contributed by atoms with van der Waals surface area (Å²) in [7, 11) is 0. The van der Waals surface area contributed by atoms with Crippen LogP contribution in [-0.4, -0.2) is 33.9 Å². The number of thioether (sulfide) groups is 1. The molecular formula is C23H19N3O3S. The van der Waals surface area contributed by atoms with Crippen LogP contribution < -0.4 is 14.2 Å². The standard InChI is InChI=1S/C23H19N3O3S/c1-3-7-18(8-4-1)26-22(17-11-12-20-21(15-17)29-16-28-20)24-25-23(26)30-14-13-27-19-9-5-2-6-10-19/h1-12,15H,13-14,16H2. The highest BCUT2D eigenvalue weighted by Crippen LogP contribution is 2.37. The van der Waals surface area contributed by atoms with E-state index in [9.17, 15) is 0 Å². The summed E-state index contributed by atoms with van der Waals surface area (Å²) in [6, 6.07) is 25.7. The monoisotopic (exact) mass is 417 g/mol. The number of rotatable bonds is 7. The largest absolute Gasteiger partial charge is 0.493 e. The van der Waals surface area contributed by atoms with Gasteiger partial charge in [0.2, 0.25) is 6.79 Å². The number of hydrogen-bond donors (Lipinski definition) is 0. The summed E-state index contributed by atoms with van der Waals surface area (Å²) in [4.78, 5) is 0. The Balaban J connectivity index is 1.40. The average molecular weight is 417 g/mol. The van der Waals surface area contributed by atoms with Crippen LogP contribution in [0.4, 0.5) is 0 Å². The topological polar surface area (TPSA) is 58.4 Å². The fraction of sp³-hybridized carbons (Fsp3) is 0.130. The van der Waals surface area contributed by atoms with Crippen molar-refractivity contribution in [3.8, 4) is 34.3 Å². The van der Waals surface area contributed by atoms with Crippen LogP contribution >= 0.6 is 11.8 Å². The minimum absolute atomic E-state index is 0.243. The van der Waals surface area contributed by atoms with Gasteiger partial charge >= 0.3 is 0 Å². The number of benzene rings is 3. The van der Waals surface area contributed by atoms with Crippen LogP contribution in [0, 0.1) is 0 Å². The molecule has 0 unspecified atom stereocenters. The van der Waals surface area contributed by atoms with Gasteiger partial charge in [-0.25, -0.2) is 0 Å².